The van der Waals surface area contributed by atoms with Crippen LogP contribution in [0, 0.1) is 6.92 Å². The van der Waals surface area contributed by atoms with Crippen molar-refractivity contribution in [2.24, 2.45) is 0 Å². The molecule has 0 aromatic carbocycles. The summed E-state index contributed by atoms with van der Waals surface area (Å²) in [5, 5.41) is 6.85. The van der Waals surface area contributed by atoms with Gasteiger partial charge >= 0.3 is 0 Å². The van der Waals surface area contributed by atoms with Crippen LogP contribution in [0.2, 0.25) is 0 Å². The highest BCUT2D eigenvalue weighted by molar-refractivity contribution is 7.09. The van der Waals surface area contributed by atoms with Crippen molar-refractivity contribution in [3.05, 3.63) is 46.2 Å². The van der Waals surface area contributed by atoms with Crippen molar-refractivity contribution < 1.29 is 0 Å². The number of hydrogen-bond donors (Lipinski definition) is 1. The molecule has 2 heterocycles. The number of aromatic nitrogens is 2. The van der Waals surface area contributed by atoms with E-state index in [9.17, 15) is 0 Å². The van der Waals surface area contributed by atoms with Crippen molar-refractivity contribution in [1.82, 2.24) is 15.3 Å². The molecule has 0 saturated heterocycles. The summed E-state index contributed by atoms with van der Waals surface area (Å²) in [6, 6.07) is 4.56. The predicted molar refractivity (Wildman–Crippen MR) is 76.0 cm³/mol. The molecule has 3 nitrogen and oxygen atoms in total. The smallest absolute Gasteiger partial charge is 0.0943 e. The highest BCUT2D eigenvalue weighted by Gasteiger charge is 2.11. The Morgan fingerprint density at radius 2 is 2.28 bits per heavy atom. The number of likely N-dealkylation sites (N-methyl/N-ethyl adjacent to an activating group) is 1. The van der Waals surface area contributed by atoms with Crippen molar-refractivity contribution >= 4 is 11.3 Å². The van der Waals surface area contributed by atoms with Gasteiger partial charge in [0, 0.05) is 35.9 Å². The van der Waals surface area contributed by atoms with E-state index in [0.29, 0.717) is 6.04 Å². The number of nitrogens with one attached hydrogen (secondary N) is 1. The molecule has 1 N–H and O–H groups in total. The van der Waals surface area contributed by atoms with Gasteiger partial charge in [-0.3, -0.25) is 4.98 Å². The van der Waals surface area contributed by atoms with Crippen LogP contribution in [-0.2, 0) is 12.8 Å². The van der Waals surface area contributed by atoms with Gasteiger partial charge in [0.25, 0.3) is 0 Å². The number of nitrogens with zero attached hydrogens (tertiary/aromatic N) is 2. The Balaban J connectivity index is 1.99. The first-order chi connectivity index (χ1) is 8.78. The molecule has 2 aromatic rings. The zero-order valence-corrected chi connectivity index (χ0v) is 11.7. The van der Waals surface area contributed by atoms with Crippen LogP contribution in [0.4, 0.5) is 0 Å². The summed E-state index contributed by atoms with van der Waals surface area (Å²) in [5.74, 6) is 0. The van der Waals surface area contributed by atoms with Crippen LogP contribution in [0.5, 0.6) is 0 Å². The zero-order valence-electron chi connectivity index (χ0n) is 10.9. The van der Waals surface area contributed by atoms with E-state index in [1.54, 1.807) is 11.3 Å². The van der Waals surface area contributed by atoms with Gasteiger partial charge in [-0.1, -0.05) is 13.0 Å². The van der Waals surface area contributed by atoms with Crippen molar-refractivity contribution in [2.75, 3.05) is 6.54 Å². The molecule has 18 heavy (non-hydrogen) atoms. The molecule has 1 atom stereocenters. The third-order valence-electron chi connectivity index (χ3n) is 2.79. The lowest BCUT2D eigenvalue weighted by atomic mass is 10.1. The average molecular weight is 261 g/mol. The van der Waals surface area contributed by atoms with Crippen LogP contribution in [0.25, 0.3) is 0 Å². The van der Waals surface area contributed by atoms with Crippen molar-refractivity contribution in [3.8, 4) is 0 Å². The number of hydrogen-bond acceptors (Lipinski definition) is 4. The van der Waals surface area contributed by atoms with E-state index in [0.717, 1.165) is 25.1 Å². The largest absolute Gasteiger partial charge is 0.314 e. The highest BCUT2D eigenvalue weighted by Crippen LogP contribution is 2.13. The summed E-state index contributed by atoms with van der Waals surface area (Å²) in [7, 11) is 0. The Morgan fingerprint density at radius 3 is 2.89 bits per heavy atom. The lowest BCUT2D eigenvalue weighted by Gasteiger charge is -2.16. The van der Waals surface area contributed by atoms with Gasteiger partial charge in [-0.25, -0.2) is 4.98 Å². The van der Waals surface area contributed by atoms with E-state index < -0.39 is 0 Å². The van der Waals surface area contributed by atoms with Gasteiger partial charge in [-0.05, 0) is 31.5 Å². The number of thiazole rings is 1. The van der Waals surface area contributed by atoms with Gasteiger partial charge in [0.05, 0.1) is 5.01 Å². The summed E-state index contributed by atoms with van der Waals surface area (Å²) in [6.45, 7) is 5.17. The first kappa shape index (κ1) is 13.2. The molecule has 0 radical (unpaired) electrons. The molecular formula is C14H19N3S. The topological polar surface area (TPSA) is 37.8 Å². The maximum absolute atomic E-state index is 4.54. The first-order valence-corrected chi connectivity index (χ1v) is 7.19. The average Bonchev–Trinajstić information content (AvgIpc) is 2.76. The minimum Gasteiger partial charge on any atom is -0.314 e. The summed E-state index contributed by atoms with van der Waals surface area (Å²) in [6.07, 6.45) is 5.74. The monoisotopic (exact) mass is 261 g/mol. The summed E-state index contributed by atoms with van der Waals surface area (Å²) >= 11 is 1.75. The number of pyridine rings is 1. The van der Waals surface area contributed by atoms with Gasteiger partial charge < -0.3 is 5.32 Å². The molecule has 0 amide bonds. The van der Waals surface area contributed by atoms with Gasteiger partial charge in [0.1, 0.15) is 0 Å². The highest BCUT2D eigenvalue weighted by atomic mass is 32.1. The lowest BCUT2D eigenvalue weighted by Crippen LogP contribution is -2.33. The van der Waals surface area contributed by atoms with E-state index in [1.807, 2.05) is 25.4 Å². The van der Waals surface area contributed by atoms with Gasteiger partial charge in [0.2, 0.25) is 0 Å². The number of rotatable bonds is 6. The molecule has 0 aliphatic heterocycles. The SMILES string of the molecule is CCNC(Cc1cccnc1)Cc1nc(C)cs1. The minimum atomic E-state index is 0.435. The molecule has 0 spiro atoms. The molecule has 1 unspecified atom stereocenters. The fourth-order valence-electron chi connectivity index (χ4n) is 2.02. The van der Waals surface area contributed by atoms with Crippen LogP contribution >= 0.6 is 11.3 Å². The van der Waals surface area contributed by atoms with E-state index in [2.05, 4.69) is 33.7 Å². The summed E-state index contributed by atoms with van der Waals surface area (Å²) in [4.78, 5) is 8.71. The third kappa shape index (κ3) is 3.89. The minimum absolute atomic E-state index is 0.435. The van der Waals surface area contributed by atoms with Crippen molar-refractivity contribution in [1.29, 1.82) is 0 Å². The van der Waals surface area contributed by atoms with Crippen LogP contribution in [-0.4, -0.2) is 22.6 Å². The second-order valence-corrected chi connectivity index (χ2v) is 5.35. The fourth-order valence-corrected chi connectivity index (χ4v) is 2.87. The molecule has 0 aliphatic rings. The Hall–Kier alpha value is -1.26. The maximum Gasteiger partial charge on any atom is 0.0943 e. The Bertz CT molecular complexity index is 467. The molecule has 2 aromatic heterocycles. The fraction of sp³-hybridized carbons (Fsp3) is 0.429. The van der Waals surface area contributed by atoms with E-state index in [1.165, 1.54) is 10.6 Å². The zero-order chi connectivity index (χ0) is 12.8. The first-order valence-electron chi connectivity index (χ1n) is 6.31. The summed E-state index contributed by atoms with van der Waals surface area (Å²) in [5.41, 5.74) is 2.39. The van der Waals surface area contributed by atoms with Crippen molar-refractivity contribution in [2.45, 2.75) is 32.7 Å². The third-order valence-corrected chi connectivity index (χ3v) is 3.77. The standard InChI is InChI=1S/C14H19N3S/c1-3-16-13(7-12-5-4-6-15-9-12)8-14-17-11(2)10-18-14/h4-6,9-10,13,16H,3,7-8H2,1-2H3. The number of aryl methyl sites for hydroxylation is 1. The molecule has 0 aliphatic carbocycles. The molecule has 4 heteroatoms. The lowest BCUT2D eigenvalue weighted by molar-refractivity contribution is 0.519. The van der Waals surface area contributed by atoms with Crippen LogP contribution < -0.4 is 5.32 Å². The molecular weight excluding hydrogens is 242 g/mol. The second-order valence-electron chi connectivity index (χ2n) is 4.41. The Labute approximate surface area is 112 Å². The van der Waals surface area contributed by atoms with Gasteiger partial charge in [-0.2, -0.15) is 0 Å². The quantitative estimate of drug-likeness (QED) is 0.868. The summed E-state index contributed by atoms with van der Waals surface area (Å²) < 4.78 is 0. The van der Waals surface area contributed by atoms with Crippen LogP contribution in [0.15, 0.2) is 29.9 Å². The molecule has 96 valence electrons. The van der Waals surface area contributed by atoms with Crippen LogP contribution in [0.3, 0.4) is 0 Å². The molecule has 0 saturated carbocycles. The van der Waals surface area contributed by atoms with E-state index in [-0.39, 0.29) is 0 Å². The van der Waals surface area contributed by atoms with Gasteiger partial charge in [0.15, 0.2) is 0 Å². The Morgan fingerprint density at radius 1 is 1.39 bits per heavy atom. The molecule has 2 rings (SSSR count). The Kier molecular flexibility index (Phi) is 4.84. The predicted octanol–water partition coefficient (Wildman–Crippen LogP) is 2.61. The van der Waals surface area contributed by atoms with E-state index >= 15 is 0 Å². The van der Waals surface area contributed by atoms with Gasteiger partial charge in [-0.15, -0.1) is 11.3 Å². The molecule has 0 bridgehead atoms. The molecule has 0 fully saturated rings. The van der Waals surface area contributed by atoms with Crippen molar-refractivity contribution in [3.63, 3.8) is 0 Å². The maximum atomic E-state index is 4.54. The van der Waals surface area contributed by atoms with E-state index in [4.69, 9.17) is 0 Å². The second kappa shape index (κ2) is 6.61. The van der Waals surface area contributed by atoms with Crippen LogP contribution in [0.1, 0.15) is 23.2 Å². The normalized spacial score (nSPS) is 12.6.